The van der Waals surface area contributed by atoms with Crippen LogP contribution in [0.1, 0.15) is 11.1 Å². The summed E-state index contributed by atoms with van der Waals surface area (Å²) in [5.74, 6) is -1.19. The highest BCUT2D eigenvalue weighted by atomic mass is 16.4. The lowest BCUT2D eigenvalue weighted by atomic mass is 10.0. The van der Waals surface area contributed by atoms with Crippen LogP contribution in [0.2, 0.25) is 0 Å². The summed E-state index contributed by atoms with van der Waals surface area (Å²) in [6, 6.07) is 21.2. The molecule has 0 atom stereocenters. The van der Waals surface area contributed by atoms with Gasteiger partial charge in [0.2, 0.25) is 0 Å². The minimum Gasteiger partial charge on any atom is -0.480 e. The van der Waals surface area contributed by atoms with Gasteiger partial charge in [-0.2, -0.15) is 0 Å². The van der Waals surface area contributed by atoms with Crippen LogP contribution >= 0.6 is 0 Å². The summed E-state index contributed by atoms with van der Waals surface area (Å²) in [6.45, 7) is -0.778. The number of carboxylic acid groups (broad SMARTS) is 1. The molecule has 2 N–H and O–H groups in total. The van der Waals surface area contributed by atoms with E-state index in [-0.39, 0.29) is 0 Å². The molecule has 0 fully saturated rings. The van der Waals surface area contributed by atoms with Crippen molar-refractivity contribution >= 4 is 5.97 Å². The monoisotopic (exact) mass is 258 g/mol. The number of aliphatic hydroxyl groups excluding tert-OH is 1. The lowest BCUT2D eigenvalue weighted by Gasteiger charge is -2.01. The molecule has 3 heteroatoms. The van der Waals surface area contributed by atoms with Gasteiger partial charge in [0.1, 0.15) is 6.61 Å². The van der Waals surface area contributed by atoms with Crippen molar-refractivity contribution in [3.8, 4) is 0 Å². The predicted molar refractivity (Wildman–Crippen MR) is 75.0 cm³/mol. The van der Waals surface area contributed by atoms with Crippen LogP contribution in [0.4, 0.5) is 0 Å². The highest BCUT2D eigenvalue weighted by Gasteiger charge is 1.93. The quantitative estimate of drug-likeness (QED) is 0.886. The van der Waals surface area contributed by atoms with Crippen LogP contribution < -0.4 is 0 Å². The molecule has 0 heterocycles. The van der Waals surface area contributed by atoms with Crippen LogP contribution in [0.25, 0.3) is 0 Å². The molecule has 0 radical (unpaired) electrons. The van der Waals surface area contributed by atoms with Gasteiger partial charge in [-0.15, -0.1) is 0 Å². The van der Waals surface area contributed by atoms with E-state index in [9.17, 15) is 0 Å². The molecule has 0 aliphatic heterocycles. The number of aryl methyl sites for hydroxylation is 2. The summed E-state index contributed by atoms with van der Waals surface area (Å²) < 4.78 is 0. The molecule has 0 bridgehead atoms. The van der Waals surface area contributed by atoms with Gasteiger partial charge in [-0.1, -0.05) is 60.7 Å². The van der Waals surface area contributed by atoms with E-state index in [0.29, 0.717) is 0 Å². The molecule has 0 amide bonds. The van der Waals surface area contributed by atoms with Gasteiger partial charge in [0.05, 0.1) is 0 Å². The van der Waals surface area contributed by atoms with Crippen molar-refractivity contribution in [2.24, 2.45) is 0 Å². The summed E-state index contributed by atoms with van der Waals surface area (Å²) in [6.07, 6.45) is 2.26. The molecular formula is C16H18O3. The molecule has 3 nitrogen and oxygen atoms in total. The second-order valence-corrected chi connectivity index (χ2v) is 4.02. The lowest BCUT2D eigenvalue weighted by Crippen LogP contribution is -1.98. The SMILES string of the molecule is O=C(O)CO.c1ccc(CCc2ccccc2)cc1. The number of benzene rings is 2. The van der Waals surface area contributed by atoms with Crippen molar-refractivity contribution in [3.05, 3.63) is 71.8 Å². The summed E-state index contributed by atoms with van der Waals surface area (Å²) in [4.78, 5) is 9.12. The van der Waals surface area contributed by atoms with Crippen molar-refractivity contribution in [2.75, 3.05) is 6.61 Å². The van der Waals surface area contributed by atoms with Crippen molar-refractivity contribution in [3.63, 3.8) is 0 Å². The summed E-state index contributed by atoms with van der Waals surface area (Å²) in [7, 11) is 0. The fourth-order valence-electron chi connectivity index (χ4n) is 1.58. The van der Waals surface area contributed by atoms with Gasteiger partial charge >= 0.3 is 5.97 Å². The molecule has 0 unspecified atom stereocenters. The fraction of sp³-hybridized carbons (Fsp3) is 0.188. The first-order valence-corrected chi connectivity index (χ1v) is 6.13. The van der Waals surface area contributed by atoms with Crippen molar-refractivity contribution in [1.82, 2.24) is 0 Å². The topological polar surface area (TPSA) is 57.5 Å². The standard InChI is InChI=1S/C14H14.C2H4O3/c1-3-7-13(8-4-1)11-12-14-9-5-2-6-10-14;3-1-2(4)5/h1-10H,11-12H2;3H,1H2,(H,4,5). The normalized spacial score (nSPS) is 9.32. The molecule has 0 aliphatic rings. The molecule has 19 heavy (non-hydrogen) atoms. The zero-order valence-electron chi connectivity index (χ0n) is 10.7. The highest BCUT2D eigenvalue weighted by Crippen LogP contribution is 2.06. The van der Waals surface area contributed by atoms with Gasteiger partial charge in [0, 0.05) is 0 Å². The summed E-state index contributed by atoms with van der Waals surface area (Å²) in [5.41, 5.74) is 2.83. The van der Waals surface area contributed by atoms with Crippen LogP contribution in [-0.2, 0) is 17.6 Å². The zero-order valence-corrected chi connectivity index (χ0v) is 10.7. The third-order valence-electron chi connectivity index (χ3n) is 2.52. The maximum Gasteiger partial charge on any atom is 0.329 e. The van der Waals surface area contributed by atoms with E-state index in [4.69, 9.17) is 15.0 Å². The Balaban J connectivity index is 0.000000312. The van der Waals surface area contributed by atoms with Gasteiger partial charge in [0.25, 0.3) is 0 Å². The molecule has 2 rings (SSSR count). The van der Waals surface area contributed by atoms with Crippen LogP contribution in [0.3, 0.4) is 0 Å². The molecule has 0 spiro atoms. The van der Waals surface area contributed by atoms with Crippen molar-refractivity contribution in [1.29, 1.82) is 0 Å². The van der Waals surface area contributed by atoms with Gasteiger partial charge in [-0.05, 0) is 24.0 Å². The first kappa shape index (κ1) is 14.9. The van der Waals surface area contributed by atoms with E-state index < -0.39 is 12.6 Å². The average molecular weight is 258 g/mol. The molecule has 0 saturated carbocycles. The highest BCUT2D eigenvalue weighted by molar-refractivity contribution is 5.67. The van der Waals surface area contributed by atoms with Crippen LogP contribution in [0.5, 0.6) is 0 Å². The molecular weight excluding hydrogens is 240 g/mol. The van der Waals surface area contributed by atoms with Gasteiger partial charge in [-0.25, -0.2) is 4.79 Å². The lowest BCUT2D eigenvalue weighted by molar-refractivity contribution is -0.140. The maximum atomic E-state index is 9.12. The van der Waals surface area contributed by atoms with E-state index in [1.165, 1.54) is 11.1 Å². The largest absolute Gasteiger partial charge is 0.480 e. The minimum absolute atomic E-state index is 0.778. The zero-order chi connectivity index (χ0) is 13.9. The first-order valence-electron chi connectivity index (χ1n) is 6.13. The number of rotatable bonds is 4. The number of hydrogen-bond acceptors (Lipinski definition) is 2. The second-order valence-electron chi connectivity index (χ2n) is 4.02. The number of carboxylic acids is 1. The Morgan fingerprint density at radius 3 is 1.37 bits per heavy atom. The van der Waals surface area contributed by atoms with Crippen molar-refractivity contribution < 1.29 is 15.0 Å². The summed E-state index contributed by atoms with van der Waals surface area (Å²) >= 11 is 0. The van der Waals surface area contributed by atoms with E-state index in [2.05, 4.69) is 60.7 Å². The molecule has 100 valence electrons. The number of carbonyl (C=O) groups is 1. The third kappa shape index (κ3) is 7.01. The third-order valence-corrected chi connectivity index (χ3v) is 2.52. The van der Waals surface area contributed by atoms with E-state index in [0.717, 1.165) is 12.8 Å². The minimum atomic E-state index is -1.19. The molecule has 0 aromatic heterocycles. The van der Waals surface area contributed by atoms with Crippen LogP contribution in [-0.4, -0.2) is 22.8 Å². The molecule has 2 aromatic rings. The maximum absolute atomic E-state index is 9.12. The number of aliphatic hydroxyl groups is 1. The molecule has 2 aromatic carbocycles. The van der Waals surface area contributed by atoms with Crippen molar-refractivity contribution in [2.45, 2.75) is 12.8 Å². The Hall–Kier alpha value is -2.13. The Kier molecular flexibility index (Phi) is 6.98. The second kappa shape index (κ2) is 8.89. The van der Waals surface area contributed by atoms with Gasteiger partial charge in [-0.3, -0.25) is 0 Å². The first-order chi connectivity index (χ1) is 9.22. The fourth-order valence-corrected chi connectivity index (χ4v) is 1.58. The molecule has 0 aliphatic carbocycles. The van der Waals surface area contributed by atoms with Gasteiger partial charge in [0.15, 0.2) is 0 Å². The van der Waals surface area contributed by atoms with E-state index in [1.54, 1.807) is 0 Å². The van der Waals surface area contributed by atoms with Gasteiger partial charge < -0.3 is 10.2 Å². The number of aliphatic carboxylic acids is 1. The van der Waals surface area contributed by atoms with E-state index in [1.807, 2.05) is 0 Å². The Morgan fingerprint density at radius 1 is 0.789 bits per heavy atom. The van der Waals surface area contributed by atoms with Crippen LogP contribution in [0, 0.1) is 0 Å². The molecule has 0 saturated heterocycles. The Bertz CT molecular complexity index is 426. The smallest absolute Gasteiger partial charge is 0.329 e. The van der Waals surface area contributed by atoms with E-state index >= 15 is 0 Å². The predicted octanol–water partition coefficient (Wildman–Crippen LogP) is 2.54. The Morgan fingerprint density at radius 2 is 1.11 bits per heavy atom. The Labute approximate surface area is 113 Å². The summed E-state index contributed by atoms with van der Waals surface area (Å²) in [5, 5.41) is 15.0. The number of hydrogen-bond donors (Lipinski definition) is 2. The average Bonchev–Trinajstić information content (AvgIpc) is 2.48. The van der Waals surface area contributed by atoms with Crippen LogP contribution in [0.15, 0.2) is 60.7 Å².